The standard InChI is InChI=1S/C24H30N2O7/c1-24(2,3)33-23(31)26-17(13-16-10-11-19(27)20(28)14-16)21(29)25-18(22(30)32-4)12-15-8-6-5-7-9-15/h5-11,14,17-18,27-28H,12-13H2,1-4H3,(H,25,29)(H,26,31)/t17-,18-/m0/s1. The maximum Gasteiger partial charge on any atom is 0.408 e. The molecule has 0 radical (unpaired) electrons. The predicted molar refractivity (Wildman–Crippen MR) is 121 cm³/mol. The number of methoxy groups -OCH3 is 1. The van der Waals surface area contributed by atoms with Crippen molar-refractivity contribution in [2.24, 2.45) is 0 Å². The molecule has 0 unspecified atom stereocenters. The molecule has 0 aromatic heterocycles. The van der Waals surface area contributed by atoms with Gasteiger partial charge in [0.25, 0.3) is 0 Å². The van der Waals surface area contributed by atoms with E-state index in [0.29, 0.717) is 5.56 Å². The van der Waals surface area contributed by atoms with Gasteiger partial charge in [0.2, 0.25) is 5.91 Å². The topological polar surface area (TPSA) is 134 Å². The number of ether oxygens (including phenoxy) is 2. The number of hydrogen-bond donors (Lipinski definition) is 4. The van der Waals surface area contributed by atoms with Crippen LogP contribution < -0.4 is 10.6 Å². The summed E-state index contributed by atoms with van der Waals surface area (Å²) in [4.78, 5) is 37.8. The molecule has 0 heterocycles. The van der Waals surface area contributed by atoms with Gasteiger partial charge in [-0.15, -0.1) is 0 Å². The number of rotatable bonds is 8. The highest BCUT2D eigenvalue weighted by Gasteiger charge is 2.29. The number of benzene rings is 2. The van der Waals surface area contributed by atoms with Gasteiger partial charge in [-0.1, -0.05) is 36.4 Å². The molecular formula is C24H30N2O7. The Bertz CT molecular complexity index is 971. The van der Waals surface area contributed by atoms with Gasteiger partial charge in [-0.05, 0) is 44.0 Å². The first-order chi connectivity index (χ1) is 15.5. The van der Waals surface area contributed by atoms with E-state index in [1.807, 2.05) is 30.3 Å². The number of carbonyl (C=O) groups is 3. The molecule has 178 valence electrons. The Balaban J connectivity index is 2.24. The molecule has 0 saturated carbocycles. The van der Waals surface area contributed by atoms with Crippen LogP contribution >= 0.6 is 0 Å². The molecule has 0 aliphatic heterocycles. The molecule has 9 heteroatoms. The average Bonchev–Trinajstić information content (AvgIpc) is 2.74. The van der Waals surface area contributed by atoms with Crippen molar-refractivity contribution in [2.45, 2.75) is 51.3 Å². The summed E-state index contributed by atoms with van der Waals surface area (Å²) in [5.74, 6) is -1.95. The number of phenolic OH excluding ortho intramolecular Hbond substituents is 2. The van der Waals surface area contributed by atoms with Crippen LogP contribution in [0.15, 0.2) is 48.5 Å². The van der Waals surface area contributed by atoms with Crippen molar-refractivity contribution >= 4 is 18.0 Å². The summed E-state index contributed by atoms with van der Waals surface area (Å²) >= 11 is 0. The minimum Gasteiger partial charge on any atom is -0.504 e. The molecule has 2 atom stereocenters. The van der Waals surface area contributed by atoms with Crippen LogP contribution in [0.3, 0.4) is 0 Å². The monoisotopic (exact) mass is 458 g/mol. The lowest BCUT2D eigenvalue weighted by Crippen LogP contribution is -2.53. The van der Waals surface area contributed by atoms with Crippen LogP contribution in [0.2, 0.25) is 0 Å². The van der Waals surface area contributed by atoms with Gasteiger partial charge in [-0.2, -0.15) is 0 Å². The van der Waals surface area contributed by atoms with E-state index >= 15 is 0 Å². The maximum absolute atomic E-state index is 13.1. The Morgan fingerprint density at radius 2 is 1.52 bits per heavy atom. The second kappa shape index (κ2) is 11.2. The summed E-state index contributed by atoms with van der Waals surface area (Å²) in [5, 5.41) is 24.5. The quantitative estimate of drug-likeness (QED) is 0.353. The minimum atomic E-state index is -1.13. The largest absolute Gasteiger partial charge is 0.504 e. The van der Waals surface area contributed by atoms with E-state index in [1.54, 1.807) is 20.8 Å². The summed E-state index contributed by atoms with van der Waals surface area (Å²) in [6.45, 7) is 5.06. The highest BCUT2D eigenvalue weighted by atomic mass is 16.6. The van der Waals surface area contributed by atoms with Gasteiger partial charge in [-0.25, -0.2) is 9.59 Å². The predicted octanol–water partition coefficient (Wildman–Crippen LogP) is 2.43. The molecule has 0 spiro atoms. The van der Waals surface area contributed by atoms with E-state index < -0.39 is 35.7 Å². The molecule has 0 aliphatic rings. The van der Waals surface area contributed by atoms with Gasteiger partial charge < -0.3 is 30.3 Å². The first-order valence-electron chi connectivity index (χ1n) is 10.4. The fraction of sp³-hybridized carbons (Fsp3) is 0.375. The minimum absolute atomic E-state index is 0.0296. The van der Waals surface area contributed by atoms with Crippen LogP contribution in [-0.2, 0) is 31.9 Å². The number of esters is 1. The van der Waals surface area contributed by atoms with Crippen LogP contribution in [0, 0.1) is 0 Å². The zero-order valence-corrected chi connectivity index (χ0v) is 19.1. The first-order valence-corrected chi connectivity index (χ1v) is 10.4. The summed E-state index contributed by atoms with van der Waals surface area (Å²) in [6.07, 6.45) is -0.653. The molecule has 0 bridgehead atoms. The number of phenols is 2. The Morgan fingerprint density at radius 1 is 0.879 bits per heavy atom. The highest BCUT2D eigenvalue weighted by molar-refractivity contribution is 5.90. The zero-order valence-electron chi connectivity index (χ0n) is 19.1. The average molecular weight is 459 g/mol. The molecule has 33 heavy (non-hydrogen) atoms. The summed E-state index contributed by atoms with van der Waals surface area (Å²) < 4.78 is 10.1. The van der Waals surface area contributed by atoms with E-state index in [9.17, 15) is 24.6 Å². The van der Waals surface area contributed by atoms with E-state index in [4.69, 9.17) is 9.47 Å². The van der Waals surface area contributed by atoms with Gasteiger partial charge in [0, 0.05) is 12.8 Å². The van der Waals surface area contributed by atoms with E-state index in [1.165, 1.54) is 25.3 Å². The third-order valence-electron chi connectivity index (χ3n) is 4.57. The molecule has 9 nitrogen and oxygen atoms in total. The lowest BCUT2D eigenvalue weighted by atomic mass is 10.0. The fourth-order valence-electron chi connectivity index (χ4n) is 3.05. The number of amides is 2. The molecule has 4 N–H and O–H groups in total. The van der Waals surface area contributed by atoms with Gasteiger partial charge in [0.1, 0.15) is 17.7 Å². The highest BCUT2D eigenvalue weighted by Crippen LogP contribution is 2.25. The van der Waals surface area contributed by atoms with E-state index in [2.05, 4.69) is 10.6 Å². The zero-order chi connectivity index (χ0) is 24.6. The molecular weight excluding hydrogens is 428 g/mol. The van der Waals surface area contributed by atoms with Crippen LogP contribution in [0.4, 0.5) is 4.79 Å². The van der Waals surface area contributed by atoms with Crippen molar-refractivity contribution in [2.75, 3.05) is 7.11 Å². The van der Waals surface area contributed by atoms with E-state index in [0.717, 1.165) is 5.56 Å². The lowest BCUT2D eigenvalue weighted by Gasteiger charge is -2.25. The number of aromatic hydroxyl groups is 2. The van der Waals surface area contributed by atoms with Gasteiger partial charge in [-0.3, -0.25) is 4.79 Å². The van der Waals surface area contributed by atoms with Crippen molar-refractivity contribution in [3.05, 3.63) is 59.7 Å². The number of hydrogen-bond acceptors (Lipinski definition) is 7. The third kappa shape index (κ3) is 8.36. The van der Waals surface area contributed by atoms with E-state index in [-0.39, 0.29) is 24.3 Å². The Morgan fingerprint density at radius 3 is 2.09 bits per heavy atom. The van der Waals surface area contributed by atoms with Gasteiger partial charge in [0.05, 0.1) is 7.11 Å². The molecule has 2 aromatic carbocycles. The molecule has 0 aliphatic carbocycles. The Labute approximate surface area is 192 Å². The van der Waals surface area contributed by atoms with Crippen molar-refractivity contribution < 1.29 is 34.1 Å². The van der Waals surface area contributed by atoms with Gasteiger partial charge in [0.15, 0.2) is 11.5 Å². The fourth-order valence-corrected chi connectivity index (χ4v) is 3.05. The smallest absolute Gasteiger partial charge is 0.408 e. The van der Waals surface area contributed by atoms with Gasteiger partial charge >= 0.3 is 12.1 Å². The summed E-state index contributed by atoms with van der Waals surface area (Å²) in [7, 11) is 1.22. The molecule has 0 saturated heterocycles. The SMILES string of the molecule is COC(=O)[C@H](Cc1ccccc1)NC(=O)[C@H](Cc1ccc(O)c(O)c1)NC(=O)OC(C)(C)C. The second-order valence-electron chi connectivity index (χ2n) is 8.50. The Hall–Kier alpha value is -3.75. The summed E-state index contributed by atoms with van der Waals surface area (Å²) in [6, 6.07) is 11.1. The van der Waals surface area contributed by atoms with Crippen LogP contribution in [0.25, 0.3) is 0 Å². The first kappa shape index (κ1) is 25.5. The third-order valence-corrected chi connectivity index (χ3v) is 4.57. The molecule has 2 aromatic rings. The maximum atomic E-state index is 13.1. The molecule has 2 amide bonds. The summed E-state index contributed by atoms with van der Waals surface area (Å²) in [5.41, 5.74) is 0.497. The normalized spacial score (nSPS) is 12.8. The van der Waals surface area contributed by atoms with Crippen molar-refractivity contribution in [3.63, 3.8) is 0 Å². The molecule has 2 rings (SSSR count). The van der Waals surface area contributed by atoms with Crippen LogP contribution in [0.5, 0.6) is 11.5 Å². The van der Waals surface area contributed by atoms with Crippen LogP contribution in [0.1, 0.15) is 31.9 Å². The van der Waals surface area contributed by atoms with Crippen LogP contribution in [-0.4, -0.2) is 53.0 Å². The number of alkyl carbamates (subject to hydrolysis) is 1. The van der Waals surface area contributed by atoms with Crippen molar-refractivity contribution in [1.29, 1.82) is 0 Å². The second-order valence-corrected chi connectivity index (χ2v) is 8.50. The molecule has 0 fully saturated rings. The Kier molecular flexibility index (Phi) is 8.67. The number of carbonyl (C=O) groups excluding carboxylic acids is 3. The lowest BCUT2D eigenvalue weighted by molar-refractivity contribution is -0.145. The number of nitrogens with one attached hydrogen (secondary N) is 2. The van der Waals surface area contributed by atoms with Crippen molar-refractivity contribution in [3.8, 4) is 11.5 Å². The van der Waals surface area contributed by atoms with Crippen molar-refractivity contribution in [1.82, 2.24) is 10.6 Å².